The largest absolute Gasteiger partial charge is 0.465 e. The van der Waals surface area contributed by atoms with E-state index in [1.54, 1.807) is 4.90 Å². The van der Waals surface area contributed by atoms with Crippen LogP contribution >= 0.6 is 0 Å². The Morgan fingerprint density at radius 1 is 0.837 bits per heavy atom. The number of hydrogen-bond donors (Lipinski definition) is 1. The number of ether oxygens (including phenoxy) is 2. The lowest BCUT2D eigenvalue weighted by Gasteiger charge is -2.22. The van der Waals surface area contributed by atoms with Gasteiger partial charge in [-0.15, -0.1) is 0 Å². The summed E-state index contributed by atoms with van der Waals surface area (Å²) in [7, 11) is -4.68. The minimum absolute atomic E-state index is 0.339. The highest BCUT2D eigenvalue weighted by Crippen LogP contribution is 2.43. The molecule has 2 aliphatic rings. The van der Waals surface area contributed by atoms with E-state index in [0.717, 1.165) is 45.8 Å². The van der Waals surface area contributed by atoms with E-state index >= 15 is 0 Å². The zero-order chi connectivity index (χ0) is 30.0. The molecule has 0 bridgehead atoms. The molecule has 2 heterocycles. The average molecular weight is 597 g/mol. The first-order valence-corrected chi connectivity index (χ1v) is 15.5. The number of likely N-dealkylation sites (N-methyl/N-ethyl adjacent to an activating group) is 1. The van der Waals surface area contributed by atoms with Gasteiger partial charge in [-0.25, -0.2) is 4.18 Å². The first-order chi connectivity index (χ1) is 20.8. The van der Waals surface area contributed by atoms with Crippen molar-refractivity contribution < 1.29 is 26.6 Å². The molecular weight excluding hydrogens is 564 g/mol. The number of hydrogen-bond acceptors (Lipinski definition) is 7. The quantitative estimate of drug-likeness (QED) is 0.200. The van der Waals surface area contributed by atoms with Gasteiger partial charge in [-0.3, -0.25) is 9.45 Å². The van der Waals surface area contributed by atoms with Crippen LogP contribution in [0.4, 0.5) is 11.4 Å². The lowest BCUT2D eigenvalue weighted by molar-refractivity contribution is 0.265. The van der Waals surface area contributed by atoms with Crippen molar-refractivity contribution in [1.82, 2.24) is 0 Å². The SMILES string of the molecule is CCC(=C\C1Oc2ccc(-c3ccccc3)cc2N1CC)/C=C1/Oc2ccc(-c3ccccc3)cc2N1COS(=O)(=O)O. The molecule has 9 heteroatoms. The molecule has 0 aromatic heterocycles. The first kappa shape index (κ1) is 28.5. The number of anilines is 2. The third-order valence-electron chi connectivity index (χ3n) is 7.51. The molecule has 43 heavy (non-hydrogen) atoms. The fourth-order valence-corrected chi connectivity index (χ4v) is 5.58. The normalized spacial score (nSPS) is 17.0. The highest BCUT2D eigenvalue weighted by atomic mass is 32.3. The average Bonchev–Trinajstić information content (AvgIpc) is 3.55. The van der Waals surface area contributed by atoms with Crippen LogP contribution in [0.15, 0.2) is 121 Å². The van der Waals surface area contributed by atoms with Crippen LogP contribution in [0, 0.1) is 0 Å². The molecule has 1 N–H and O–H groups in total. The molecule has 0 spiro atoms. The fourth-order valence-electron chi connectivity index (χ4n) is 5.34. The van der Waals surface area contributed by atoms with Crippen LogP contribution in [0.25, 0.3) is 22.3 Å². The van der Waals surface area contributed by atoms with Crippen molar-refractivity contribution in [2.24, 2.45) is 0 Å². The Kier molecular flexibility index (Phi) is 7.94. The van der Waals surface area contributed by atoms with Gasteiger partial charge >= 0.3 is 10.4 Å². The first-order valence-electron chi connectivity index (χ1n) is 14.1. The summed E-state index contributed by atoms with van der Waals surface area (Å²) in [6.45, 7) is 4.40. The molecule has 220 valence electrons. The van der Waals surface area contributed by atoms with Gasteiger partial charge in [0, 0.05) is 12.6 Å². The number of rotatable bonds is 9. The van der Waals surface area contributed by atoms with E-state index in [-0.39, 0.29) is 6.23 Å². The van der Waals surface area contributed by atoms with Crippen molar-refractivity contribution in [3.05, 3.63) is 121 Å². The zero-order valence-corrected chi connectivity index (χ0v) is 24.7. The van der Waals surface area contributed by atoms with Gasteiger partial charge in [-0.2, -0.15) is 8.42 Å². The molecule has 0 aliphatic carbocycles. The van der Waals surface area contributed by atoms with Crippen molar-refractivity contribution in [2.75, 3.05) is 23.1 Å². The third kappa shape index (κ3) is 6.15. The molecule has 0 fully saturated rings. The van der Waals surface area contributed by atoms with Crippen LogP contribution < -0.4 is 19.3 Å². The molecule has 0 amide bonds. The second-order valence-corrected chi connectivity index (χ2v) is 11.3. The van der Waals surface area contributed by atoms with E-state index in [9.17, 15) is 13.0 Å². The van der Waals surface area contributed by atoms with Crippen molar-refractivity contribution in [1.29, 1.82) is 0 Å². The van der Waals surface area contributed by atoms with Crippen molar-refractivity contribution in [3.8, 4) is 33.8 Å². The van der Waals surface area contributed by atoms with Gasteiger partial charge in [0.05, 0.1) is 11.4 Å². The summed E-state index contributed by atoms with van der Waals surface area (Å²) in [5, 5.41) is 0. The standard InChI is InChI=1S/C34H32N2O6S/c1-3-24(19-33-35(4-2)29-21-27(15-17-31(29)41-33)25-11-7-5-8-12-25)20-34-36(23-40-43(37,38)39)30-22-28(16-18-32(30)42-34)26-13-9-6-10-14-26/h5-22,33H,3-4,23H2,1-2H3,(H,37,38,39)/b24-19+,34-20+. The minimum atomic E-state index is -4.68. The van der Waals surface area contributed by atoms with Gasteiger partial charge in [0.15, 0.2) is 12.0 Å². The second-order valence-electron chi connectivity index (χ2n) is 10.2. The van der Waals surface area contributed by atoms with Gasteiger partial charge < -0.3 is 14.4 Å². The molecule has 2 aliphatic heterocycles. The maximum Gasteiger partial charge on any atom is 0.399 e. The van der Waals surface area contributed by atoms with Gasteiger partial charge in [0.2, 0.25) is 5.88 Å². The topological polar surface area (TPSA) is 88.5 Å². The van der Waals surface area contributed by atoms with E-state index in [4.69, 9.17) is 13.7 Å². The molecule has 0 saturated heterocycles. The van der Waals surface area contributed by atoms with E-state index in [2.05, 4.69) is 36.1 Å². The Bertz CT molecular complexity index is 1790. The predicted molar refractivity (Wildman–Crippen MR) is 168 cm³/mol. The molecule has 4 aromatic rings. The van der Waals surface area contributed by atoms with Gasteiger partial charge in [-0.05, 0) is 71.5 Å². The maximum absolute atomic E-state index is 11.5. The second kappa shape index (κ2) is 12.0. The van der Waals surface area contributed by atoms with Crippen LogP contribution in [-0.4, -0.2) is 32.5 Å². The fraction of sp³-hybridized carbons (Fsp3) is 0.176. The smallest absolute Gasteiger partial charge is 0.399 e. The van der Waals surface area contributed by atoms with Crippen LogP contribution in [0.3, 0.4) is 0 Å². The van der Waals surface area contributed by atoms with Gasteiger partial charge in [0.1, 0.15) is 12.5 Å². The lowest BCUT2D eigenvalue weighted by Crippen LogP contribution is -2.33. The summed E-state index contributed by atoms with van der Waals surface area (Å²) < 4.78 is 49.7. The van der Waals surface area contributed by atoms with Crippen LogP contribution in [0.2, 0.25) is 0 Å². The molecule has 0 radical (unpaired) electrons. The Hall–Kier alpha value is -4.57. The Balaban J connectivity index is 1.31. The third-order valence-corrected chi connectivity index (χ3v) is 7.92. The number of benzene rings is 4. The zero-order valence-electron chi connectivity index (χ0n) is 23.9. The molecule has 8 nitrogen and oxygen atoms in total. The molecule has 1 atom stereocenters. The summed E-state index contributed by atoms with van der Waals surface area (Å²) in [4.78, 5) is 3.79. The van der Waals surface area contributed by atoms with E-state index in [0.29, 0.717) is 23.7 Å². The number of nitrogens with zero attached hydrogens (tertiary/aromatic N) is 2. The monoisotopic (exact) mass is 596 g/mol. The Morgan fingerprint density at radius 3 is 2.02 bits per heavy atom. The van der Waals surface area contributed by atoms with E-state index in [1.165, 1.54) is 0 Å². The predicted octanol–water partition coefficient (Wildman–Crippen LogP) is 7.42. The van der Waals surface area contributed by atoms with Crippen LogP contribution in [0.1, 0.15) is 20.3 Å². The number of fused-ring (bicyclic) bond motifs is 2. The van der Waals surface area contributed by atoms with Crippen molar-refractivity contribution in [3.63, 3.8) is 0 Å². The van der Waals surface area contributed by atoms with Crippen LogP contribution in [-0.2, 0) is 14.6 Å². The van der Waals surface area contributed by atoms with E-state index < -0.39 is 17.1 Å². The maximum atomic E-state index is 11.5. The lowest BCUT2D eigenvalue weighted by atomic mass is 10.0. The highest BCUT2D eigenvalue weighted by Gasteiger charge is 2.31. The van der Waals surface area contributed by atoms with Gasteiger partial charge in [-0.1, -0.05) is 79.7 Å². The summed E-state index contributed by atoms with van der Waals surface area (Å²) in [5.41, 5.74) is 6.75. The van der Waals surface area contributed by atoms with Crippen molar-refractivity contribution >= 4 is 21.8 Å². The Labute approximate surface area is 252 Å². The Morgan fingerprint density at radius 2 is 1.44 bits per heavy atom. The van der Waals surface area contributed by atoms with Crippen molar-refractivity contribution in [2.45, 2.75) is 26.5 Å². The minimum Gasteiger partial charge on any atom is -0.465 e. The molecule has 4 aromatic carbocycles. The number of allylic oxidation sites excluding steroid dienone is 2. The summed E-state index contributed by atoms with van der Waals surface area (Å²) in [5.74, 6) is 1.74. The van der Waals surface area contributed by atoms with E-state index in [1.807, 2.05) is 91.9 Å². The molecule has 6 rings (SSSR count). The highest BCUT2D eigenvalue weighted by molar-refractivity contribution is 7.80. The summed E-state index contributed by atoms with van der Waals surface area (Å²) >= 11 is 0. The van der Waals surface area contributed by atoms with Gasteiger partial charge in [0.25, 0.3) is 0 Å². The summed E-state index contributed by atoms with van der Waals surface area (Å²) in [6.07, 6.45) is 4.22. The molecular formula is C34H32N2O6S. The molecule has 1 unspecified atom stereocenters. The molecule has 0 saturated carbocycles. The van der Waals surface area contributed by atoms with Crippen LogP contribution in [0.5, 0.6) is 11.5 Å². The summed E-state index contributed by atoms with van der Waals surface area (Å²) in [6, 6.07) is 32.0.